The van der Waals surface area contributed by atoms with Gasteiger partial charge in [-0.1, -0.05) is 0 Å². The number of carbonyl (C=O) groups is 1. The summed E-state index contributed by atoms with van der Waals surface area (Å²) in [6.45, 7) is 13.7. The molecule has 0 atom stereocenters. The van der Waals surface area contributed by atoms with Crippen LogP contribution in [0.25, 0.3) is 0 Å². The molecular weight excluding hydrogens is 262 g/mol. The van der Waals surface area contributed by atoms with Crippen molar-refractivity contribution in [1.29, 1.82) is 0 Å². The van der Waals surface area contributed by atoms with Crippen molar-refractivity contribution in [1.82, 2.24) is 14.7 Å². The first-order valence-electron chi connectivity index (χ1n) is 8.73. The molecule has 3 rings (SSSR count). The summed E-state index contributed by atoms with van der Waals surface area (Å²) in [6.07, 6.45) is 4.61. The van der Waals surface area contributed by atoms with Gasteiger partial charge in [-0.3, -0.25) is 14.6 Å². The number of piperazine rings is 1. The smallest absolute Gasteiger partial charge is 0.225 e. The van der Waals surface area contributed by atoms with Crippen LogP contribution in [0.5, 0.6) is 0 Å². The summed E-state index contributed by atoms with van der Waals surface area (Å²) < 4.78 is 0. The van der Waals surface area contributed by atoms with Gasteiger partial charge < -0.3 is 4.90 Å². The van der Waals surface area contributed by atoms with Crippen molar-refractivity contribution < 1.29 is 4.79 Å². The highest BCUT2D eigenvalue weighted by molar-refractivity contribution is 5.81. The highest BCUT2D eigenvalue weighted by Gasteiger charge is 2.36. The van der Waals surface area contributed by atoms with Crippen LogP contribution in [0.4, 0.5) is 0 Å². The molecule has 4 heteroatoms. The number of likely N-dealkylation sites (tertiary alicyclic amines) is 1. The van der Waals surface area contributed by atoms with Gasteiger partial charge >= 0.3 is 0 Å². The lowest BCUT2D eigenvalue weighted by Gasteiger charge is -2.46. The van der Waals surface area contributed by atoms with Gasteiger partial charge in [0.15, 0.2) is 0 Å². The van der Waals surface area contributed by atoms with Crippen LogP contribution < -0.4 is 0 Å². The zero-order valence-corrected chi connectivity index (χ0v) is 14.0. The van der Waals surface area contributed by atoms with Gasteiger partial charge in [0.05, 0.1) is 0 Å². The minimum Gasteiger partial charge on any atom is -0.342 e. The van der Waals surface area contributed by atoms with Gasteiger partial charge in [0.2, 0.25) is 5.91 Å². The molecule has 120 valence electrons. The highest BCUT2D eigenvalue weighted by Crippen LogP contribution is 2.32. The lowest BCUT2D eigenvalue weighted by Crippen LogP contribution is -2.57. The molecule has 0 unspecified atom stereocenters. The molecule has 1 amide bonds. The molecule has 3 aliphatic rings. The summed E-state index contributed by atoms with van der Waals surface area (Å²) in [5.41, 5.74) is 0.298. The van der Waals surface area contributed by atoms with Crippen LogP contribution in [-0.4, -0.2) is 71.5 Å². The molecule has 0 N–H and O–H groups in total. The third-order valence-electron chi connectivity index (χ3n) is 5.48. The second-order valence-electron chi connectivity index (χ2n) is 8.02. The summed E-state index contributed by atoms with van der Waals surface area (Å²) in [5.74, 6) is 0.822. The number of piperidine rings is 1. The number of rotatable bonds is 2. The molecular formula is C17H31N3O. The average Bonchev–Trinajstić information content (AvgIpc) is 3.31. The van der Waals surface area contributed by atoms with E-state index >= 15 is 0 Å². The highest BCUT2D eigenvalue weighted by atomic mass is 16.2. The Kier molecular flexibility index (Phi) is 4.28. The molecule has 1 saturated carbocycles. The maximum Gasteiger partial charge on any atom is 0.225 e. The predicted octanol–water partition coefficient (Wildman–Crippen LogP) is 1.80. The molecule has 3 fully saturated rings. The number of hydrogen-bond donors (Lipinski definition) is 0. The van der Waals surface area contributed by atoms with Gasteiger partial charge in [0, 0.05) is 56.8 Å². The molecule has 0 aromatic heterocycles. The molecule has 0 aromatic carbocycles. The van der Waals surface area contributed by atoms with Crippen LogP contribution in [0.1, 0.15) is 46.5 Å². The van der Waals surface area contributed by atoms with E-state index in [-0.39, 0.29) is 0 Å². The van der Waals surface area contributed by atoms with Crippen molar-refractivity contribution in [3.05, 3.63) is 0 Å². The lowest BCUT2D eigenvalue weighted by atomic mass is 10.00. The fourth-order valence-corrected chi connectivity index (χ4v) is 3.80. The van der Waals surface area contributed by atoms with Crippen molar-refractivity contribution in [3.63, 3.8) is 0 Å². The minimum absolute atomic E-state index is 0.298. The normalized spacial score (nSPS) is 27.1. The molecule has 4 nitrogen and oxygen atoms in total. The Bertz CT molecular complexity index is 370. The van der Waals surface area contributed by atoms with Crippen LogP contribution in [0.2, 0.25) is 0 Å². The molecule has 0 radical (unpaired) electrons. The molecule has 1 aliphatic carbocycles. The number of nitrogens with zero attached hydrogens (tertiary/aromatic N) is 3. The van der Waals surface area contributed by atoms with Crippen molar-refractivity contribution >= 4 is 5.91 Å². The Morgan fingerprint density at radius 3 is 1.90 bits per heavy atom. The topological polar surface area (TPSA) is 26.8 Å². The Morgan fingerprint density at radius 1 is 0.857 bits per heavy atom. The summed E-state index contributed by atoms with van der Waals surface area (Å²) in [6, 6.07) is 0.704. The lowest BCUT2D eigenvalue weighted by molar-refractivity contribution is -0.134. The first-order chi connectivity index (χ1) is 9.95. The van der Waals surface area contributed by atoms with Crippen molar-refractivity contribution in [2.24, 2.45) is 5.92 Å². The molecule has 0 bridgehead atoms. The van der Waals surface area contributed by atoms with E-state index in [4.69, 9.17) is 0 Å². The van der Waals surface area contributed by atoms with E-state index in [1.807, 2.05) is 0 Å². The Labute approximate surface area is 129 Å². The largest absolute Gasteiger partial charge is 0.342 e. The van der Waals surface area contributed by atoms with Crippen LogP contribution >= 0.6 is 0 Å². The number of carbonyl (C=O) groups excluding carboxylic acids is 1. The van der Waals surface area contributed by atoms with Gasteiger partial charge in [-0.2, -0.15) is 0 Å². The van der Waals surface area contributed by atoms with Gasteiger partial charge in [-0.15, -0.1) is 0 Å². The quantitative estimate of drug-likeness (QED) is 0.777. The van der Waals surface area contributed by atoms with E-state index < -0.39 is 0 Å². The Balaban J connectivity index is 1.44. The van der Waals surface area contributed by atoms with Crippen molar-refractivity contribution in [3.8, 4) is 0 Å². The van der Waals surface area contributed by atoms with Gasteiger partial charge in [-0.25, -0.2) is 0 Å². The Hall–Kier alpha value is -0.610. The molecule has 2 saturated heterocycles. The van der Waals surface area contributed by atoms with E-state index in [1.54, 1.807) is 0 Å². The molecule has 2 aliphatic heterocycles. The van der Waals surface area contributed by atoms with Crippen molar-refractivity contribution in [2.45, 2.75) is 58.0 Å². The zero-order valence-electron chi connectivity index (χ0n) is 14.0. The average molecular weight is 293 g/mol. The number of amides is 1. The summed E-state index contributed by atoms with van der Waals surface area (Å²) in [4.78, 5) is 19.5. The van der Waals surface area contributed by atoms with Crippen LogP contribution in [-0.2, 0) is 4.79 Å². The minimum atomic E-state index is 0.298. The van der Waals surface area contributed by atoms with Gasteiger partial charge in [0.1, 0.15) is 0 Å². The fraction of sp³-hybridized carbons (Fsp3) is 0.941. The zero-order chi connectivity index (χ0) is 15.0. The van der Waals surface area contributed by atoms with E-state index in [0.29, 0.717) is 23.4 Å². The monoisotopic (exact) mass is 293 g/mol. The Morgan fingerprint density at radius 2 is 1.43 bits per heavy atom. The third kappa shape index (κ3) is 3.59. The van der Waals surface area contributed by atoms with Gasteiger partial charge in [0.25, 0.3) is 0 Å². The fourth-order valence-electron chi connectivity index (χ4n) is 3.80. The van der Waals surface area contributed by atoms with Gasteiger partial charge in [-0.05, 0) is 46.5 Å². The predicted molar refractivity (Wildman–Crippen MR) is 85.2 cm³/mol. The second kappa shape index (κ2) is 5.88. The third-order valence-corrected chi connectivity index (χ3v) is 5.48. The molecule has 21 heavy (non-hydrogen) atoms. The molecule has 0 spiro atoms. The summed E-state index contributed by atoms with van der Waals surface area (Å²) in [7, 11) is 0. The molecule has 2 heterocycles. The second-order valence-corrected chi connectivity index (χ2v) is 8.02. The van der Waals surface area contributed by atoms with Crippen LogP contribution in [0.3, 0.4) is 0 Å². The standard InChI is InChI=1S/C17H31N3O/c1-17(2,3)20-12-10-18(11-13-20)15-6-8-19(9-7-15)16(21)14-4-5-14/h14-15H,4-13H2,1-3H3. The maximum absolute atomic E-state index is 12.1. The van der Waals surface area contributed by atoms with E-state index in [9.17, 15) is 4.79 Å². The van der Waals surface area contributed by atoms with Crippen LogP contribution in [0.15, 0.2) is 0 Å². The van der Waals surface area contributed by atoms with Crippen LogP contribution in [0, 0.1) is 5.92 Å². The first-order valence-corrected chi connectivity index (χ1v) is 8.73. The summed E-state index contributed by atoms with van der Waals surface area (Å²) in [5, 5.41) is 0. The SMILES string of the molecule is CC(C)(C)N1CCN(C2CCN(C(=O)C3CC3)CC2)CC1. The van der Waals surface area contributed by atoms with E-state index in [1.165, 1.54) is 39.0 Å². The van der Waals surface area contributed by atoms with E-state index in [0.717, 1.165) is 25.9 Å². The van der Waals surface area contributed by atoms with Crippen molar-refractivity contribution in [2.75, 3.05) is 39.3 Å². The number of hydrogen-bond acceptors (Lipinski definition) is 3. The first kappa shape index (κ1) is 15.3. The molecule has 0 aromatic rings. The van der Waals surface area contributed by atoms with E-state index in [2.05, 4.69) is 35.5 Å². The summed E-state index contributed by atoms with van der Waals surface area (Å²) >= 11 is 0. The maximum atomic E-state index is 12.1.